The number of ether oxygens (including phenoxy) is 1. The van der Waals surface area contributed by atoms with Crippen LogP contribution < -0.4 is 15.5 Å². The van der Waals surface area contributed by atoms with Gasteiger partial charge >= 0.3 is 0 Å². The normalized spacial score (nSPS) is 13.3. The van der Waals surface area contributed by atoms with E-state index in [9.17, 15) is 14.0 Å². The molecule has 1 fully saturated rings. The summed E-state index contributed by atoms with van der Waals surface area (Å²) in [7, 11) is 1.63. The third-order valence-electron chi connectivity index (χ3n) is 5.06. The summed E-state index contributed by atoms with van der Waals surface area (Å²) < 4.78 is 18.1. The Bertz CT molecular complexity index is 864. The van der Waals surface area contributed by atoms with Gasteiger partial charge in [-0.3, -0.25) is 9.59 Å². The minimum atomic E-state index is -0.335. The number of hydrogen-bond acceptors (Lipinski definition) is 4. The monoisotopic (exact) mass is 413 g/mol. The van der Waals surface area contributed by atoms with Gasteiger partial charge in [0.1, 0.15) is 5.82 Å². The molecule has 2 aromatic rings. The summed E-state index contributed by atoms with van der Waals surface area (Å²) in [6.07, 6.45) is 3.07. The number of hydrogen-bond donors (Lipinski definition) is 2. The number of halogens is 1. The number of rotatable bonds is 9. The highest BCUT2D eigenvalue weighted by molar-refractivity contribution is 6.02. The molecule has 1 aliphatic rings. The molecule has 3 rings (SSSR count). The molecule has 160 valence electrons. The van der Waals surface area contributed by atoms with Crippen LogP contribution in [0.25, 0.3) is 0 Å². The van der Waals surface area contributed by atoms with Gasteiger partial charge < -0.3 is 20.3 Å². The minimum Gasteiger partial charge on any atom is -0.385 e. The second-order valence-electron chi connectivity index (χ2n) is 7.38. The maximum atomic E-state index is 13.0. The average molecular weight is 413 g/mol. The standard InChI is InChI=1S/C23H28FN3O3/c1-30-14-4-11-25-23(29)20-16-19(9-10-21(20)27-12-2-3-13-27)26-22(28)15-17-5-7-18(24)8-6-17/h5-10,16H,2-4,11-15H2,1H3,(H,25,29)(H,26,28). The second kappa shape index (κ2) is 10.7. The van der Waals surface area contributed by atoms with Crippen molar-refractivity contribution in [1.82, 2.24) is 5.32 Å². The molecule has 0 unspecified atom stereocenters. The van der Waals surface area contributed by atoms with Crippen molar-refractivity contribution in [2.75, 3.05) is 43.6 Å². The highest BCUT2D eigenvalue weighted by Gasteiger charge is 2.20. The van der Waals surface area contributed by atoms with E-state index in [1.807, 2.05) is 12.1 Å². The Kier molecular flexibility index (Phi) is 7.79. The summed E-state index contributed by atoms with van der Waals surface area (Å²) in [5.41, 5.74) is 2.72. The molecule has 0 aliphatic carbocycles. The van der Waals surface area contributed by atoms with Crippen LogP contribution in [0.2, 0.25) is 0 Å². The Morgan fingerprint density at radius 1 is 1.10 bits per heavy atom. The molecule has 6 nitrogen and oxygen atoms in total. The third kappa shape index (κ3) is 6.03. The van der Waals surface area contributed by atoms with Gasteiger partial charge in [-0.15, -0.1) is 0 Å². The largest absolute Gasteiger partial charge is 0.385 e. The Morgan fingerprint density at radius 3 is 2.53 bits per heavy atom. The molecule has 1 saturated heterocycles. The number of benzene rings is 2. The molecule has 7 heteroatoms. The van der Waals surface area contributed by atoms with E-state index in [0.29, 0.717) is 24.4 Å². The Balaban J connectivity index is 1.72. The minimum absolute atomic E-state index is 0.132. The number of nitrogens with one attached hydrogen (secondary N) is 2. The topological polar surface area (TPSA) is 70.7 Å². The van der Waals surface area contributed by atoms with E-state index < -0.39 is 0 Å². The van der Waals surface area contributed by atoms with Gasteiger partial charge in [-0.1, -0.05) is 12.1 Å². The zero-order valence-corrected chi connectivity index (χ0v) is 17.2. The molecule has 2 amide bonds. The van der Waals surface area contributed by atoms with E-state index in [-0.39, 0.29) is 24.1 Å². The Morgan fingerprint density at radius 2 is 1.83 bits per heavy atom. The molecule has 1 heterocycles. The second-order valence-corrected chi connectivity index (χ2v) is 7.38. The maximum absolute atomic E-state index is 13.0. The molecular formula is C23H28FN3O3. The van der Waals surface area contributed by atoms with Crippen molar-refractivity contribution in [3.63, 3.8) is 0 Å². The van der Waals surface area contributed by atoms with Gasteiger partial charge in [0, 0.05) is 44.7 Å². The molecule has 1 aliphatic heterocycles. The fourth-order valence-electron chi connectivity index (χ4n) is 3.54. The van der Waals surface area contributed by atoms with E-state index >= 15 is 0 Å². The van der Waals surface area contributed by atoms with Crippen LogP contribution in [0.15, 0.2) is 42.5 Å². The predicted molar refractivity (Wildman–Crippen MR) is 115 cm³/mol. The molecule has 30 heavy (non-hydrogen) atoms. The predicted octanol–water partition coefficient (Wildman–Crippen LogP) is 3.37. The van der Waals surface area contributed by atoms with Gasteiger partial charge in [0.25, 0.3) is 5.91 Å². The molecule has 0 bridgehead atoms. The number of nitrogens with zero attached hydrogens (tertiary/aromatic N) is 1. The van der Waals surface area contributed by atoms with E-state index in [1.165, 1.54) is 12.1 Å². The van der Waals surface area contributed by atoms with Gasteiger partial charge in [-0.25, -0.2) is 4.39 Å². The first-order valence-electron chi connectivity index (χ1n) is 10.3. The molecule has 0 aromatic heterocycles. The average Bonchev–Trinajstić information content (AvgIpc) is 3.27. The highest BCUT2D eigenvalue weighted by Crippen LogP contribution is 2.27. The van der Waals surface area contributed by atoms with Crippen LogP contribution in [0.4, 0.5) is 15.8 Å². The van der Waals surface area contributed by atoms with E-state index in [4.69, 9.17) is 4.74 Å². The lowest BCUT2D eigenvalue weighted by Gasteiger charge is -2.22. The first kappa shape index (κ1) is 21.8. The van der Waals surface area contributed by atoms with Gasteiger partial charge in [-0.05, 0) is 55.2 Å². The molecule has 0 atom stereocenters. The van der Waals surface area contributed by atoms with E-state index in [1.54, 1.807) is 25.3 Å². The van der Waals surface area contributed by atoms with Crippen molar-refractivity contribution in [2.45, 2.75) is 25.7 Å². The lowest BCUT2D eigenvalue weighted by molar-refractivity contribution is -0.115. The van der Waals surface area contributed by atoms with Crippen LogP contribution in [-0.2, 0) is 16.0 Å². The lowest BCUT2D eigenvalue weighted by atomic mass is 10.1. The van der Waals surface area contributed by atoms with Crippen LogP contribution in [0.3, 0.4) is 0 Å². The van der Waals surface area contributed by atoms with Crippen molar-refractivity contribution >= 4 is 23.2 Å². The molecular weight excluding hydrogens is 385 g/mol. The summed E-state index contributed by atoms with van der Waals surface area (Å²) in [5, 5.41) is 5.77. The van der Waals surface area contributed by atoms with Crippen LogP contribution in [-0.4, -0.2) is 45.2 Å². The summed E-state index contributed by atoms with van der Waals surface area (Å²) in [6.45, 7) is 2.94. The summed E-state index contributed by atoms with van der Waals surface area (Å²) in [6, 6.07) is 11.3. The van der Waals surface area contributed by atoms with E-state index in [0.717, 1.165) is 43.6 Å². The van der Waals surface area contributed by atoms with Gasteiger partial charge in [-0.2, -0.15) is 0 Å². The van der Waals surface area contributed by atoms with Crippen molar-refractivity contribution in [3.05, 3.63) is 59.4 Å². The van der Waals surface area contributed by atoms with Gasteiger partial charge in [0.15, 0.2) is 0 Å². The fraction of sp³-hybridized carbons (Fsp3) is 0.391. The van der Waals surface area contributed by atoms with Crippen molar-refractivity contribution < 1.29 is 18.7 Å². The lowest BCUT2D eigenvalue weighted by Crippen LogP contribution is -2.29. The third-order valence-corrected chi connectivity index (χ3v) is 5.06. The van der Waals surface area contributed by atoms with Gasteiger partial charge in [0.2, 0.25) is 5.91 Å². The first-order chi connectivity index (χ1) is 14.6. The molecule has 2 N–H and O–H groups in total. The van der Waals surface area contributed by atoms with Crippen LogP contribution in [0.5, 0.6) is 0 Å². The number of anilines is 2. The van der Waals surface area contributed by atoms with Crippen molar-refractivity contribution in [1.29, 1.82) is 0 Å². The molecule has 0 saturated carbocycles. The molecule has 0 radical (unpaired) electrons. The molecule has 0 spiro atoms. The Hall–Kier alpha value is -2.93. The van der Waals surface area contributed by atoms with Crippen LogP contribution in [0.1, 0.15) is 35.2 Å². The zero-order chi connectivity index (χ0) is 21.3. The quantitative estimate of drug-likeness (QED) is 0.619. The molecule has 2 aromatic carbocycles. The first-order valence-corrected chi connectivity index (χ1v) is 10.3. The smallest absolute Gasteiger partial charge is 0.253 e. The highest BCUT2D eigenvalue weighted by atomic mass is 19.1. The SMILES string of the molecule is COCCCNC(=O)c1cc(NC(=O)Cc2ccc(F)cc2)ccc1N1CCCC1. The summed E-state index contributed by atoms with van der Waals surface area (Å²) >= 11 is 0. The summed E-state index contributed by atoms with van der Waals surface area (Å²) in [4.78, 5) is 27.4. The number of carbonyl (C=O) groups is 2. The van der Waals surface area contributed by atoms with Crippen LogP contribution in [0, 0.1) is 5.82 Å². The Labute approximate surface area is 176 Å². The number of carbonyl (C=O) groups excluding carboxylic acids is 2. The number of amides is 2. The van der Waals surface area contributed by atoms with E-state index in [2.05, 4.69) is 15.5 Å². The van der Waals surface area contributed by atoms with Crippen molar-refractivity contribution in [2.24, 2.45) is 0 Å². The number of methoxy groups -OCH3 is 1. The van der Waals surface area contributed by atoms with Crippen molar-refractivity contribution in [3.8, 4) is 0 Å². The maximum Gasteiger partial charge on any atom is 0.253 e. The summed E-state index contributed by atoms with van der Waals surface area (Å²) in [5.74, 6) is -0.720. The van der Waals surface area contributed by atoms with Gasteiger partial charge in [0.05, 0.1) is 12.0 Å². The fourth-order valence-corrected chi connectivity index (χ4v) is 3.54. The zero-order valence-electron chi connectivity index (χ0n) is 17.2. The van der Waals surface area contributed by atoms with Crippen LogP contribution >= 0.6 is 0 Å².